The van der Waals surface area contributed by atoms with Crippen molar-refractivity contribution in [2.24, 2.45) is 5.41 Å². The first-order chi connectivity index (χ1) is 11.7. The minimum atomic E-state index is -0.279. The van der Waals surface area contributed by atoms with Gasteiger partial charge in [0.15, 0.2) is 0 Å². The molecule has 0 aliphatic carbocycles. The lowest BCUT2D eigenvalue weighted by molar-refractivity contribution is -0.129. The molecule has 2 aromatic carbocycles. The normalized spacial score (nSPS) is 19.1. The number of amides is 1. The van der Waals surface area contributed by atoms with Crippen molar-refractivity contribution in [3.63, 3.8) is 0 Å². The molecule has 0 saturated carbocycles. The van der Waals surface area contributed by atoms with E-state index in [-0.39, 0.29) is 23.7 Å². The second-order valence-corrected chi connectivity index (χ2v) is 6.59. The van der Waals surface area contributed by atoms with Gasteiger partial charge in [0, 0.05) is 13.1 Å². The fraction of sp³-hybridized carbons (Fsp3) is 0.350. The van der Waals surface area contributed by atoms with Crippen molar-refractivity contribution in [1.82, 2.24) is 10.6 Å². The van der Waals surface area contributed by atoms with Crippen LogP contribution in [-0.2, 0) is 17.9 Å². The van der Waals surface area contributed by atoms with Crippen LogP contribution >= 0.6 is 12.4 Å². The van der Waals surface area contributed by atoms with Crippen molar-refractivity contribution in [3.8, 4) is 5.75 Å². The zero-order valence-electron chi connectivity index (χ0n) is 14.5. The molecule has 0 radical (unpaired) electrons. The molecule has 5 heteroatoms. The topological polar surface area (TPSA) is 50.4 Å². The summed E-state index contributed by atoms with van der Waals surface area (Å²) in [5.74, 6) is 0.956. The van der Waals surface area contributed by atoms with E-state index in [4.69, 9.17) is 4.74 Å². The molecule has 1 heterocycles. The quantitative estimate of drug-likeness (QED) is 0.831. The van der Waals surface area contributed by atoms with Crippen LogP contribution < -0.4 is 15.4 Å². The van der Waals surface area contributed by atoms with E-state index >= 15 is 0 Å². The van der Waals surface area contributed by atoms with Gasteiger partial charge in [-0.1, -0.05) is 42.5 Å². The van der Waals surface area contributed by atoms with Crippen molar-refractivity contribution >= 4 is 18.3 Å². The van der Waals surface area contributed by atoms with Crippen LogP contribution in [0.1, 0.15) is 24.5 Å². The van der Waals surface area contributed by atoms with Crippen LogP contribution in [-0.4, -0.2) is 19.0 Å². The summed E-state index contributed by atoms with van der Waals surface area (Å²) in [6.07, 6.45) is 0.894. The largest absolute Gasteiger partial charge is 0.489 e. The van der Waals surface area contributed by atoms with Gasteiger partial charge in [-0.3, -0.25) is 4.79 Å². The Morgan fingerprint density at radius 2 is 1.84 bits per heavy atom. The van der Waals surface area contributed by atoms with Gasteiger partial charge in [-0.05, 0) is 43.1 Å². The molecule has 1 amide bonds. The number of rotatable bonds is 6. The highest BCUT2D eigenvalue weighted by molar-refractivity contribution is 5.85. The fourth-order valence-corrected chi connectivity index (χ4v) is 2.85. The molecule has 3 rings (SSSR count). The average molecular weight is 361 g/mol. The predicted octanol–water partition coefficient (Wildman–Crippen LogP) is 3.30. The van der Waals surface area contributed by atoms with Gasteiger partial charge in [-0.2, -0.15) is 0 Å². The molecule has 1 unspecified atom stereocenters. The molecule has 0 spiro atoms. The third kappa shape index (κ3) is 5.21. The molecular weight excluding hydrogens is 336 g/mol. The molecule has 0 bridgehead atoms. The number of ether oxygens (including phenoxy) is 1. The first-order valence-corrected chi connectivity index (χ1v) is 8.40. The average Bonchev–Trinajstić information content (AvgIpc) is 3.07. The monoisotopic (exact) mass is 360 g/mol. The van der Waals surface area contributed by atoms with Gasteiger partial charge in [0.25, 0.3) is 0 Å². The first kappa shape index (κ1) is 19.3. The zero-order valence-corrected chi connectivity index (χ0v) is 15.3. The highest BCUT2D eigenvalue weighted by Crippen LogP contribution is 2.24. The summed E-state index contributed by atoms with van der Waals surface area (Å²) in [4.78, 5) is 12.3. The third-order valence-electron chi connectivity index (χ3n) is 4.54. The second kappa shape index (κ2) is 8.88. The van der Waals surface area contributed by atoms with E-state index in [1.807, 2.05) is 61.5 Å². The molecule has 2 N–H and O–H groups in total. The van der Waals surface area contributed by atoms with E-state index in [1.165, 1.54) is 0 Å². The van der Waals surface area contributed by atoms with Crippen LogP contribution in [0.4, 0.5) is 0 Å². The van der Waals surface area contributed by atoms with Gasteiger partial charge in [-0.15, -0.1) is 12.4 Å². The zero-order chi connectivity index (χ0) is 16.8. The summed E-state index contributed by atoms with van der Waals surface area (Å²) in [6.45, 7) is 4.79. The standard InChI is InChI=1S/C20H24N2O2.ClH/c1-20(11-12-21-15-20)19(23)22-13-16-7-9-18(10-8-16)24-14-17-5-3-2-4-6-17;/h2-10,21H,11-15H2,1H3,(H,22,23);1H. The van der Waals surface area contributed by atoms with Crippen molar-refractivity contribution < 1.29 is 9.53 Å². The summed E-state index contributed by atoms with van der Waals surface area (Å²) in [6, 6.07) is 18.0. The van der Waals surface area contributed by atoms with Crippen LogP contribution in [0.25, 0.3) is 0 Å². The number of benzene rings is 2. The molecule has 1 fully saturated rings. The Bertz CT molecular complexity index is 668. The fourth-order valence-electron chi connectivity index (χ4n) is 2.85. The smallest absolute Gasteiger partial charge is 0.227 e. The van der Waals surface area contributed by atoms with E-state index in [0.717, 1.165) is 36.4 Å². The number of hydrogen-bond donors (Lipinski definition) is 2. The van der Waals surface area contributed by atoms with Crippen LogP contribution in [0.3, 0.4) is 0 Å². The molecular formula is C20H25ClN2O2. The van der Waals surface area contributed by atoms with Gasteiger partial charge >= 0.3 is 0 Å². The summed E-state index contributed by atoms with van der Waals surface area (Å²) >= 11 is 0. The summed E-state index contributed by atoms with van der Waals surface area (Å²) in [5.41, 5.74) is 1.94. The molecule has 1 aliphatic heterocycles. The minimum absolute atomic E-state index is 0. The summed E-state index contributed by atoms with van der Waals surface area (Å²) in [5, 5.41) is 6.29. The van der Waals surface area contributed by atoms with Gasteiger partial charge in [0.1, 0.15) is 12.4 Å². The van der Waals surface area contributed by atoms with Crippen LogP contribution in [0.5, 0.6) is 5.75 Å². The van der Waals surface area contributed by atoms with Crippen molar-refractivity contribution in [2.75, 3.05) is 13.1 Å². The molecule has 25 heavy (non-hydrogen) atoms. The Morgan fingerprint density at radius 3 is 2.48 bits per heavy atom. The second-order valence-electron chi connectivity index (χ2n) is 6.59. The Kier molecular flexibility index (Phi) is 6.85. The van der Waals surface area contributed by atoms with Crippen LogP contribution in [0.15, 0.2) is 54.6 Å². The van der Waals surface area contributed by atoms with Crippen molar-refractivity contribution in [2.45, 2.75) is 26.5 Å². The number of nitrogens with one attached hydrogen (secondary N) is 2. The van der Waals surface area contributed by atoms with Crippen molar-refractivity contribution in [3.05, 3.63) is 65.7 Å². The first-order valence-electron chi connectivity index (χ1n) is 8.40. The number of carbonyl (C=O) groups excluding carboxylic acids is 1. The lowest BCUT2D eigenvalue weighted by Gasteiger charge is -2.21. The lowest BCUT2D eigenvalue weighted by Crippen LogP contribution is -2.39. The number of halogens is 1. The molecule has 1 aliphatic rings. The van der Waals surface area contributed by atoms with E-state index in [9.17, 15) is 4.79 Å². The van der Waals surface area contributed by atoms with Crippen molar-refractivity contribution in [1.29, 1.82) is 0 Å². The molecule has 1 atom stereocenters. The summed E-state index contributed by atoms with van der Waals surface area (Å²) in [7, 11) is 0. The van der Waals surface area contributed by atoms with Gasteiger partial charge in [0.05, 0.1) is 5.41 Å². The maximum Gasteiger partial charge on any atom is 0.227 e. The van der Waals surface area contributed by atoms with E-state index < -0.39 is 0 Å². The van der Waals surface area contributed by atoms with Gasteiger partial charge < -0.3 is 15.4 Å². The van der Waals surface area contributed by atoms with E-state index in [1.54, 1.807) is 0 Å². The Labute approximate surface area is 155 Å². The SMILES string of the molecule is CC1(C(=O)NCc2ccc(OCc3ccccc3)cc2)CCNC1.Cl. The lowest BCUT2D eigenvalue weighted by atomic mass is 9.89. The maximum absolute atomic E-state index is 12.3. The molecule has 2 aromatic rings. The van der Waals surface area contributed by atoms with Gasteiger partial charge in [0.2, 0.25) is 5.91 Å². The number of hydrogen-bond acceptors (Lipinski definition) is 3. The van der Waals surface area contributed by atoms with E-state index in [2.05, 4.69) is 10.6 Å². The highest BCUT2D eigenvalue weighted by Gasteiger charge is 2.35. The Morgan fingerprint density at radius 1 is 1.12 bits per heavy atom. The highest BCUT2D eigenvalue weighted by atomic mass is 35.5. The van der Waals surface area contributed by atoms with Crippen LogP contribution in [0, 0.1) is 5.41 Å². The molecule has 134 valence electrons. The van der Waals surface area contributed by atoms with Gasteiger partial charge in [-0.25, -0.2) is 0 Å². The minimum Gasteiger partial charge on any atom is -0.489 e. The number of carbonyl (C=O) groups is 1. The molecule has 4 nitrogen and oxygen atoms in total. The maximum atomic E-state index is 12.3. The molecule has 0 aromatic heterocycles. The Hall–Kier alpha value is -2.04. The molecule has 1 saturated heterocycles. The van der Waals surface area contributed by atoms with Crippen LogP contribution in [0.2, 0.25) is 0 Å². The summed E-state index contributed by atoms with van der Waals surface area (Å²) < 4.78 is 5.77. The predicted molar refractivity (Wildman–Crippen MR) is 102 cm³/mol. The Balaban J connectivity index is 0.00000225. The third-order valence-corrected chi connectivity index (χ3v) is 4.54. The van der Waals surface area contributed by atoms with E-state index in [0.29, 0.717) is 13.2 Å².